The van der Waals surface area contributed by atoms with E-state index >= 15 is 0 Å². The first-order valence-corrected chi connectivity index (χ1v) is 9.55. The molecular weight excluding hydrogens is 324 g/mol. The summed E-state index contributed by atoms with van der Waals surface area (Å²) in [5, 5.41) is 0. The number of H-pyrrole nitrogens is 1. The van der Waals surface area contributed by atoms with Gasteiger partial charge < -0.3 is 9.40 Å². The number of fused-ring (bicyclic) bond motifs is 1. The number of nitrogens with zero attached hydrogens (tertiary/aromatic N) is 3. The maximum absolute atomic E-state index is 5.71. The lowest BCUT2D eigenvalue weighted by molar-refractivity contribution is 0.139. The maximum Gasteiger partial charge on any atom is 0.121 e. The minimum atomic E-state index is 0.763. The third kappa shape index (κ3) is 4.17. The van der Waals surface area contributed by atoms with Gasteiger partial charge in [0.1, 0.15) is 17.3 Å². The molecule has 0 bridgehead atoms. The third-order valence-electron chi connectivity index (χ3n) is 5.31. The summed E-state index contributed by atoms with van der Waals surface area (Å²) >= 11 is 0. The van der Waals surface area contributed by atoms with Crippen molar-refractivity contribution in [1.82, 2.24) is 19.8 Å². The number of benzene rings is 1. The molecule has 138 valence electrons. The van der Waals surface area contributed by atoms with E-state index in [1.165, 1.54) is 12.8 Å². The summed E-state index contributed by atoms with van der Waals surface area (Å²) in [7, 11) is 2.20. The summed E-state index contributed by atoms with van der Waals surface area (Å²) in [5.41, 5.74) is 2.18. The molecule has 5 nitrogen and oxygen atoms in total. The van der Waals surface area contributed by atoms with Crippen LogP contribution in [0.2, 0.25) is 0 Å². The summed E-state index contributed by atoms with van der Waals surface area (Å²) < 4.78 is 5.71. The van der Waals surface area contributed by atoms with E-state index in [0.29, 0.717) is 0 Å². The van der Waals surface area contributed by atoms with Gasteiger partial charge in [-0.15, -0.1) is 0 Å². The van der Waals surface area contributed by atoms with Crippen LogP contribution in [0.4, 0.5) is 0 Å². The largest absolute Gasteiger partial charge is 0.465 e. The number of rotatable bonds is 6. The predicted molar refractivity (Wildman–Crippen MR) is 104 cm³/mol. The van der Waals surface area contributed by atoms with E-state index in [9.17, 15) is 0 Å². The number of para-hydroxylation sites is 2. The molecule has 4 rings (SSSR count). The van der Waals surface area contributed by atoms with Gasteiger partial charge in [-0.25, -0.2) is 4.98 Å². The Morgan fingerprint density at radius 2 is 2.00 bits per heavy atom. The number of hydrogen-bond donors (Lipinski definition) is 1. The van der Waals surface area contributed by atoms with Gasteiger partial charge in [-0.3, -0.25) is 9.80 Å². The molecule has 3 heterocycles. The van der Waals surface area contributed by atoms with E-state index in [1.54, 1.807) is 0 Å². The first-order chi connectivity index (χ1) is 12.7. The van der Waals surface area contributed by atoms with Crippen LogP contribution in [0.15, 0.2) is 40.8 Å². The van der Waals surface area contributed by atoms with Crippen LogP contribution in [0.25, 0.3) is 11.0 Å². The van der Waals surface area contributed by atoms with Crippen LogP contribution in [0.3, 0.4) is 0 Å². The highest BCUT2D eigenvalue weighted by Crippen LogP contribution is 2.21. The average molecular weight is 352 g/mol. The Kier molecular flexibility index (Phi) is 5.09. The van der Waals surface area contributed by atoms with Gasteiger partial charge in [-0.1, -0.05) is 12.1 Å². The lowest BCUT2D eigenvalue weighted by Crippen LogP contribution is -2.37. The number of aromatic nitrogens is 2. The molecule has 1 N–H and O–H groups in total. The van der Waals surface area contributed by atoms with Gasteiger partial charge in [0.05, 0.1) is 24.1 Å². The summed E-state index contributed by atoms with van der Waals surface area (Å²) in [4.78, 5) is 13.0. The van der Waals surface area contributed by atoms with Crippen molar-refractivity contribution in [1.29, 1.82) is 0 Å². The summed E-state index contributed by atoms with van der Waals surface area (Å²) in [6.45, 7) is 7.26. The highest BCUT2D eigenvalue weighted by atomic mass is 16.3. The third-order valence-corrected chi connectivity index (χ3v) is 5.31. The van der Waals surface area contributed by atoms with Gasteiger partial charge in [0, 0.05) is 6.54 Å². The molecule has 0 radical (unpaired) electrons. The van der Waals surface area contributed by atoms with Crippen LogP contribution in [-0.4, -0.2) is 46.4 Å². The van der Waals surface area contributed by atoms with Crippen molar-refractivity contribution < 1.29 is 4.42 Å². The van der Waals surface area contributed by atoms with Crippen molar-refractivity contribution in [2.75, 3.05) is 26.7 Å². The highest BCUT2D eigenvalue weighted by Gasteiger charge is 2.21. The Labute approximate surface area is 155 Å². The second-order valence-corrected chi connectivity index (χ2v) is 7.63. The summed E-state index contributed by atoms with van der Waals surface area (Å²) in [5.74, 6) is 3.91. The van der Waals surface area contributed by atoms with Crippen molar-refractivity contribution in [3.8, 4) is 0 Å². The van der Waals surface area contributed by atoms with Crippen LogP contribution in [0.1, 0.15) is 30.2 Å². The standard InChI is InChI=1S/C21H28N4O/c1-16-7-8-18(26-16)14-25-11-9-17(10-12-25)13-24(2)15-21-22-19-5-3-4-6-20(19)23-21/h3-8,17H,9-15H2,1-2H3,(H,22,23). The maximum atomic E-state index is 5.71. The van der Waals surface area contributed by atoms with E-state index in [-0.39, 0.29) is 0 Å². The van der Waals surface area contributed by atoms with Crippen molar-refractivity contribution in [2.24, 2.45) is 5.92 Å². The topological polar surface area (TPSA) is 48.3 Å². The fraction of sp³-hybridized carbons (Fsp3) is 0.476. The van der Waals surface area contributed by atoms with Crippen molar-refractivity contribution in [2.45, 2.75) is 32.9 Å². The minimum absolute atomic E-state index is 0.763. The van der Waals surface area contributed by atoms with Crippen LogP contribution in [-0.2, 0) is 13.1 Å². The average Bonchev–Trinajstić information content (AvgIpc) is 3.21. The fourth-order valence-corrected chi connectivity index (χ4v) is 3.96. The molecule has 1 aliphatic heterocycles. The number of imidazole rings is 1. The smallest absolute Gasteiger partial charge is 0.121 e. The van der Waals surface area contributed by atoms with Gasteiger partial charge in [-0.2, -0.15) is 0 Å². The normalized spacial score (nSPS) is 16.7. The van der Waals surface area contributed by atoms with E-state index in [0.717, 1.165) is 67.0 Å². The number of furan rings is 1. The van der Waals surface area contributed by atoms with Crippen molar-refractivity contribution >= 4 is 11.0 Å². The molecule has 0 aliphatic carbocycles. The number of nitrogens with one attached hydrogen (secondary N) is 1. The molecule has 1 aromatic carbocycles. The molecule has 1 saturated heterocycles. The number of likely N-dealkylation sites (tertiary alicyclic amines) is 1. The molecule has 0 saturated carbocycles. The van der Waals surface area contributed by atoms with Gasteiger partial charge in [0.15, 0.2) is 0 Å². The monoisotopic (exact) mass is 352 g/mol. The first kappa shape index (κ1) is 17.3. The molecule has 3 aromatic rings. The van der Waals surface area contributed by atoms with Crippen LogP contribution in [0.5, 0.6) is 0 Å². The molecule has 2 aromatic heterocycles. The minimum Gasteiger partial charge on any atom is -0.465 e. The number of piperidine rings is 1. The predicted octanol–water partition coefficient (Wildman–Crippen LogP) is 3.81. The molecule has 1 fully saturated rings. The molecular formula is C21H28N4O. The summed E-state index contributed by atoms with van der Waals surface area (Å²) in [6.07, 6.45) is 2.51. The van der Waals surface area contributed by atoms with Gasteiger partial charge in [0.2, 0.25) is 0 Å². The SMILES string of the molecule is Cc1ccc(CN2CCC(CN(C)Cc3nc4ccccc4[nH]3)CC2)o1. The second-order valence-electron chi connectivity index (χ2n) is 7.63. The van der Waals surface area contributed by atoms with Gasteiger partial charge in [-0.05, 0) is 70.1 Å². The molecule has 0 amide bonds. The zero-order chi connectivity index (χ0) is 17.9. The van der Waals surface area contributed by atoms with Crippen LogP contribution in [0, 0.1) is 12.8 Å². The molecule has 0 atom stereocenters. The zero-order valence-electron chi connectivity index (χ0n) is 15.7. The molecule has 26 heavy (non-hydrogen) atoms. The van der Waals surface area contributed by atoms with Gasteiger partial charge in [0.25, 0.3) is 0 Å². The van der Waals surface area contributed by atoms with E-state index in [4.69, 9.17) is 9.40 Å². The quantitative estimate of drug-likeness (QED) is 0.733. The number of aryl methyl sites for hydroxylation is 1. The lowest BCUT2D eigenvalue weighted by atomic mass is 9.96. The summed E-state index contributed by atoms with van der Waals surface area (Å²) in [6, 6.07) is 12.4. The lowest BCUT2D eigenvalue weighted by Gasteiger charge is -2.33. The fourth-order valence-electron chi connectivity index (χ4n) is 3.96. The molecule has 0 unspecified atom stereocenters. The van der Waals surface area contributed by atoms with E-state index < -0.39 is 0 Å². The van der Waals surface area contributed by atoms with Crippen molar-refractivity contribution in [3.05, 3.63) is 53.7 Å². The van der Waals surface area contributed by atoms with Crippen molar-refractivity contribution in [3.63, 3.8) is 0 Å². The Morgan fingerprint density at radius 1 is 1.19 bits per heavy atom. The second kappa shape index (κ2) is 7.64. The van der Waals surface area contributed by atoms with E-state index in [2.05, 4.69) is 46.1 Å². The van der Waals surface area contributed by atoms with Crippen LogP contribution < -0.4 is 0 Å². The Morgan fingerprint density at radius 3 is 2.73 bits per heavy atom. The van der Waals surface area contributed by atoms with E-state index in [1.807, 2.05) is 19.1 Å². The van der Waals surface area contributed by atoms with Gasteiger partial charge >= 0.3 is 0 Å². The molecule has 5 heteroatoms. The van der Waals surface area contributed by atoms with Crippen LogP contribution >= 0.6 is 0 Å². The Bertz CT molecular complexity index is 811. The zero-order valence-corrected chi connectivity index (χ0v) is 15.7. The Hall–Kier alpha value is -2.11. The first-order valence-electron chi connectivity index (χ1n) is 9.55. The number of aromatic amines is 1. The number of hydrogen-bond acceptors (Lipinski definition) is 4. The Balaban J connectivity index is 1.24. The molecule has 1 aliphatic rings. The highest BCUT2D eigenvalue weighted by molar-refractivity contribution is 5.74. The molecule has 0 spiro atoms.